The van der Waals surface area contributed by atoms with Gasteiger partial charge in [0.05, 0.1) is 11.9 Å². The third-order valence-electron chi connectivity index (χ3n) is 2.58. The Morgan fingerprint density at radius 3 is 2.76 bits per heavy atom. The van der Waals surface area contributed by atoms with Gasteiger partial charge in [0, 0.05) is 6.54 Å². The average molecular weight is 255 g/mol. The summed E-state index contributed by atoms with van der Waals surface area (Å²) in [5.41, 5.74) is 0.892. The first-order valence-corrected chi connectivity index (χ1v) is 6.47. The Balaban J connectivity index is 2.19. The minimum Gasteiger partial charge on any atom is -0.392 e. The van der Waals surface area contributed by atoms with E-state index in [2.05, 4.69) is 0 Å². The Hall–Kier alpha value is -1.07. The molecule has 17 heavy (non-hydrogen) atoms. The first-order chi connectivity index (χ1) is 8.08. The van der Waals surface area contributed by atoms with Gasteiger partial charge in [-0.15, -0.1) is 11.8 Å². The van der Waals surface area contributed by atoms with Gasteiger partial charge >= 0.3 is 0 Å². The van der Waals surface area contributed by atoms with Crippen molar-refractivity contribution < 1.29 is 14.3 Å². The van der Waals surface area contributed by atoms with Crippen LogP contribution in [0.25, 0.3) is 0 Å². The number of amides is 1. The lowest BCUT2D eigenvalue weighted by Gasteiger charge is -2.25. The van der Waals surface area contributed by atoms with Crippen LogP contribution in [0.5, 0.6) is 0 Å². The van der Waals surface area contributed by atoms with Crippen molar-refractivity contribution in [2.45, 2.75) is 18.4 Å². The van der Waals surface area contributed by atoms with Crippen LogP contribution in [-0.4, -0.2) is 34.3 Å². The molecule has 1 N–H and O–H groups in total. The second-order valence-corrected chi connectivity index (χ2v) is 5.18. The van der Waals surface area contributed by atoms with Gasteiger partial charge in [0.1, 0.15) is 11.2 Å². The predicted octanol–water partition coefficient (Wildman–Crippen LogP) is 1.78. The standard InChI is InChI=1S/C12H14FNO2S/c1-8(15)6-14-11(16)7-17-12(14)9-2-4-10(13)5-3-9/h2-5,8,12,15H,6-7H2,1H3/t8-,12-/m0/s1. The van der Waals surface area contributed by atoms with Crippen molar-refractivity contribution in [3.63, 3.8) is 0 Å². The Kier molecular flexibility index (Phi) is 3.69. The fraction of sp³-hybridized carbons (Fsp3) is 0.417. The number of halogens is 1. The summed E-state index contributed by atoms with van der Waals surface area (Å²) in [6.07, 6.45) is -0.555. The molecule has 0 saturated carbocycles. The van der Waals surface area contributed by atoms with Gasteiger partial charge in [0.2, 0.25) is 5.91 Å². The molecule has 0 spiro atoms. The molecule has 2 rings (SSSR count). The van der Waals surface area contributed by atoms with Gasteiger partial charge in [-0.25, -0.2) is 4.39 Å². The Bertz CT molecular complexity index is 407. The van der Waals surface area contributed by atoms with E-state index < -0.39 is 6.10 Å². The van der Waals surface area contributed by atoms with Crippen LogP contribution in [0.2, 0.25) is 0 Å². The maximum atomic E-state index is 12.8. The van der Waals surface area contributed by atoms with Gasteiger partial charge in [0.25, 0.3) is 0 Å². The number of carbonyl (C=O) groups is 1. The second kappa shape index (κ2) is 5.06. The summed E-state index contributed by atoms with van der Waals surface area (Å²) in [4.78, 5) is 13.3. The number of benzene rings is 1. The van der Waals surface area contributed by atoms with Crippen LogP contribution < -0.4 is 0 Å². The molecular formula is C12H14FNO2S. The van der Waals surface area contributed by atoms with Crippen LogP contribution >= 0.6 is 11.8 Å². The molecule has 3 nitrogen and oxygen atoms in total. The summed E-state index contributed by atoms with van der Waals surface area (Å²) in [5, 5.41) is 9.26. The molecule has 1 aliphatic heterocycles. The van der Waals surface area contributed by atoms with E-state index in [0.717, 1.165) is 5.56 Å². The smallest absolute Gasteiger partial charge is 0.233 e. The largest absolute Gasteiger partial charge is 0.392 e. The van der Waals surface area contributed by atoms with E-state index in [9.17, 15) is 14.3 Å². The third-order valence-corrected chi connectivity index (χ3v) is 3.84. The minimum absolute atomic E-state index is 0.0187. The first-order valence-electron chi connectivity index (χ1n) is 5.42. The summed E-state index contributed by atoms with van der Waals surface area (Å²) in [7, 11) is 0. The van der Waals surface area contributed by atoms with Crippen molar-refractivity contribution in [3.8, 4) is 0 Å². The highest BCUT2D eigenvalue weighted by Gasteiger charge is 2.33. The van der Waals surface area contributed by atoms with E-state index in [-0.39, 0.29) is 17.1 Å². The summed E-state index contributed by atoms with van der Waals surface area (Å²) < 4.78 is 12.8. The second-order valence-electron chi connectivity index (χ2n) is 4.11. The number of rotatable bonds is 3. The molecule has 1 fully saturated rings. The normalized spacial score (nSPS) is 21.9. The number of carbonyl (C=O) groups excluding carboxylic acids is 1. The van der Waals surface area contributed by atoms with E-state index in [1.54, 1.807) is 24.0 Å². The van der Waals surface area contributed by atoms with E-state index in [1.807, 2.05) is 0 Å². The highest BCUT2D eigenvalue weighted by molar-refractivity contribution is 8.00. The predicted molar refractivity (Wildman–Crippen MR) is 65.0 cm³/mol. The molecule has 5 heteroatoms. The van der Waals surface area contributed by atoms with E-state index >= 15 is 0 Å². The number of hydrogen-bond acceptors (Lipinski definition) is 3. The number of nitrogens with zero attached hydrogens (tertiary/aromatic N) is 1. The number of hydrogen-bond donors (Lipinski definition) is 1. The molecule has 1 aromatic carbocycles. The van der Waals surface area contributed by atoms with E-state index in [4.69, 9.17) is 0 Å². The lowest BCUT2D eigenvalue weighted by Crippen LogP contribution is -2.34. The summed E-state index contributed by atoms with van der Waals surface area (Å²) in [5.74, 6) is 0.143. The zero-order valence-electron chi connectivity index (χ0n) is 9.47. The molecule has 0 bridgehead atoms. The van der Waals surface area contributed by atoms with Crippen molar-refractivity contribution in [1.29, 1.82) is 0 Å². The van der Waals surface area contributed by atoms with E-state index in [1.165, 1.54) is 23.9 Å². The molecule has 0 unspecified atom stereocenters. The van der Waals surface area contributed by atoms with Gasteiger partial charge in [-0.3, -0.25) is 4.79 Å². The summed E-state index contributed by atoms with van der Waals surface area (Å²) >= 11 is 1.50. The highest BCUT2D eigenvalue weighted by atomic mass is 32.2. The van der Waals surface area contributed by atoms with Gasteiger partial charge in [-0.2, -0.15) is 0 Å². The van der Waals surface area contributed by atoms with Crippen LogP contribution in [0.3, 0.4) is 0 Å². The zero-order chi connectivity index (χ0) is 12.4. The fourth-order valence-corrected chi connectivity index (χ4v) is 3.04. The van der Waals surface area contributed by atoms with Crippen LogP contribution in [0.4, 0.5) is 4.39 Å². The molecule has 0 aliphatic carbocycles. The van der Waals surface area contributed by atoms with Crippen LogP contribution in [0.1, 0.15) is 17.9 Å². The van der Waals surface area contributed by atoms with E-state index in [0.29, 0.717) is 12.3 Å². The number of β-amino-alcohol motifs (C(OH)–C–C–N with tert-alkyl or cyclic N) is 1. The van der Waals surface area contributed by atoms with Crippen LogP contribution in [0.15, 0.2) is 24.3 Å². The van der Waals surface area contributed by atoms with Crippen molar-refractivity contribution >= 4 is 17.7 Å². The van der Waals surface area contributed by atoms with Gasteiger partial charge in [0.15, 0.2) is 0 Å². The quantitative estimate of drug-likeness (QED) is 0.895. The van der Waals surface area contributed by atoms with Gasteiger partial charge in [-0.1, -0.05) is 12.1 Å². The molecule has 1 amide bonds. The third kappa shape index (κ3) is 2.79. The van der Waals surface area contributed by atoms with Crippen molar-refractivity contribution in [2.24, 2.45) is 0 Å². The monoisotopic (exact) mass is 255 g/mol. The first kappa shape index (κ1) is 12.4. The van der Waals surface area contributed by atoms with Crippen molar-refractivity contribution in [3.05, 3.63) is 35.6 Å². The lowest BCUT2D eigenvalue weighted by molar-refractivity contribution is -0.129. The molecule has 0 radical (unpaired) electrons. The Morgan fingerprint density at radius 2 is 2.18 bits per heavy atom. The fourth-order valence-electron chi connectivity index (χ4n) is 1.84. The van der Waals surface area contributed by atoms with Gasteiger partial charge < -0.3 is 10.0 Å². The molecule has 1 aromatic rings. The number of thioether (sulfide) groups is 1. The Morgan fingerprint density at radius 1 is 1.53 bits per heavy atom. The molecule has 2 atom stereocenters. The molecule has 1 heterocycles. The van der Waals surface area contributed by atoms with Crippen LogP contribution in [-0.2, 0) is 4.79 Å². The highest BCUT2D eigenvalue weighted by Crippen LogP contribution is 2.38. The zero-order valence-corrected chi connectivity index (χ0v) is 10.3. The average Bonchev–Trinajstić information content (AvgIpc) is 2.61. The molecule has 1 aliphatic rings. The van der Waals surface area contributed by atoms with Gasteiger partial charge in [-0.05, 0) is 24.6 Å². The number of aliphatic hydroxyl groups excluding tert-OH is 1. The summed E-state index contributed by atoms with van der Waals surface area (Å²) in [6.45, 7) is 1.96. The SMILES string of the molecule is C[C@H](O)CN1C(=O)CS[C@H]1c1ccc(F)cc1. The summed E-state index contributed by atoms with van der Waals surface area (Å²) in [6, 6.07) is 6.14. The molecular weight excluding hydrogens is 241 g/mol. The minimum atomic E-state index is -0.555. The molecule has 1 saturated heterocycles. The van der Waals surface area contributed by atoms with Crippen molar-refractivity contribution in [2.75, 3.05) is 12.3 Å². The molecule has 0 aromatic heterocycles. The maximum Gasteiger partial charge on any atom is 0.233 e. The number of aliphatic hydroxyl groups is 1. The lowest BCUT2D eigenvalue weighted by atomic mass is 10.2. The topological polar surface area (TPSA) is 40.5 Å². The van der Waals surface area contributed by atoms with Crippen LogP contribution in [0, 0.1) is 5.82 Å². The maximum absolute atomic E-state index is 12.8. The molecule has 92 valence electrons. The van der Waals surface area contributed by atoms with Crippen molar-refractivity contribution in [1.82, 2.24) is 4.90 Å². The Labute approximate surface area is 104 Å².